The van der Waals surface area contributed by atoms with E-state index in [1.807, 2.05) is 28.7 Å². The maximum Gasteiger partial charge on any atom is 0.345 e. The number of hydrogen-bond donors (Lipinski definition) is 1. The molecule has 0 fully saturated rings. The molecule has 3 rings (SSSR count). The Morgan fingerprint density at radius 3 is 2.92 bits per heavy atom. The van der Waals surface area contributed by atoms with Crippen molar-refractivity contribution in [3.05, 3.63) is 50.7 Å². The number of halogens is 2. The van der Waals surface area contributed by atoms with Gasteiger partial charge in [-0.2, -0.15) is 5.26 Å². The van der Waals surface area contributed by atoms with E-state index >= 15 is 0 Å². The van der Waals surface area contributed by atoms with Crippen molar-refractivity contribution in [3.8, 4) is 6.07 Å². The second-order valence-corrected chi connectivity index (χ2v) is 6.63. The molecule has 0 radical (unpaired) electrons. The summed E-state index contributed by atoms with van der Waals surface area (Å²) in [5, 5.41) is 12.6. The number of carbonyl (C=O) groups is 1. The fourth-order valence-electron chi connectivity index (χ4n) is 2.54. The van der Waals surface area contributed by atoms with Crippen LogP contribution in [-0.4, -0.2) is 17.6 Å². The van der Waals surface area contributed by atoms with E-state index in [1.165, 1.54) is 18.4 Å². The molecule has 0 saturated carbocycles. The molecule has 0 amide bonds. The van der Waals surface area contributed by atoms with Crippen LogP contribution in [0.1, 0.15) is 28.5 Å². The van der Waals surface area contributed by atoms with Gasteiger partial charge in [0.05, 0.1) is 23.9 Å². The predicted molar refractivity (Wildman–Crippen MR) is 102 cm³/mol. The molecule has 3 aromatic rings. The van der Waals surface area contributed by atoms with Crippen molar-refractivity contribution in [2.45, 2.75) is 13.8 Å². The Bertz CT molecular complexity index is 1060. The summed E-state index contributed by atoms with van der Waals surface area (Å²) in [6.45, 7) is 3.57. The minimum Gasteiger partial charge on any atom is -0.463 e. The molecule has 0 unspecified atom stereocenters. The maximum atomic E-state index is 14.2. The number of ether oxygens (including phenoxy) is 1. The summed E-state index contributed by atoms with van der Waals surface area (Å²) in [6, 6.07) is 6.56. The zero-order chi connectivity index (χ0) is 18.8. The Morgan fingerprint density at radius 1 is 1.50 bits per heavy atom. The number of pyridine rings is 1. The first-order chi connectivity index (χ1) is 12.5. The summed E-state index contributed by atoms with van der Waals surface area (Å²) in [6.07, 6.45) is 1.44. The zero-order valence-corrected chi connectivity index (χ0v) is 16.0. The lowest BCUT2D eigenvalue weighted by Crippen LogP contribution is -2.11. The molecule has 2 aromatic heterocycles. The molecular weight excluding hydrogens is 452 g/mol. The highest BCUT2D eigenvalue weighted by Gasteiger charge is 2.25. The third-order valence-electron chi connectivity index (χ3n) is 3.67. The number of hydrogen-bond acceptors (Lipinski definition) is 6. The van der Waals surface area contributed by atoms with Gasteiger partial charge < -0.3 is 14.5 Å². The minimum atomic E-state index is -0.669. The first-order valence-electron chi connectivity index (χ1n) is 7.67. The van der Waals surface area contributed by atoms with Gasteiger partial charge in [0, 0.05) is 3.57 Å². The monoisotopic (exact) mass is 465 g/mol. The fourth-order valence-corrected chi connectivity index (χ4v) is 2.99. The lowest BCUT2D eigenvalue weighted by Gasteiger charge is -2.12. The van der Waals surface area contributed by atoms with E-state index in [4.69, 9.17) is 9.15 Å². The van der Waals surface area contributed by atoms with E-state index in [-0.39, 0.29) is 35.0 Å². The molecule has 1 aromatic carbocycles. The third kappa shape index (κ3) is 3.22. The van der Waals surface area contributed by atoms with E-state index in [1.54, 1.807) is 19.9 Å². The second-order valence-electron chi connectivity index (χ2n) is 5.39. The molecule has 0 spiro atoms. The molecule has 26 heavy (non-hydrogen) atoms. The van der Waals surface area contributed by atoms with Crippen molar-refractivity contribution in [1.29, 1.82) is 5.26 Å². The summed E-state index contributed by atoms with van der Waals surface area (Å²) >= 11 is 1.99. The molecule has 2 heterocycles. The third-order valence-corrected chi connectivity index (χ3v) is 4.34. The Balaban J connectivity index is 2.24. The highest BCUT2D eigenvalue weighted by molar-refractivity contribution is 14.1. The van der Waals surface area contributed by atoms with Gasteiger partial charge in [-0.3, -0.25) is 0 Å². The maximum absolute atomic E-state index is 14.2. The average Bonchev–Trinajstić information content (AvgIpc) is 2.98. The zero-order valence-electron chi connectivity index (χ0n) is 13.9. The van der Waals surface area contributed by atoms with Gasteiger partial charge >= 0.3 is 5.97 Å². The van der Waals surface area contributed by atoms with Gasteiger partial charge in [0.25, 0.3) is 0 Å². The molecule has 8 heteroatoms. The number of aromatic nitrogens is 1. The molecule has 6 nitrogen and oxygen atoms in total. The number of benzene rings is 1. The first kappa shape index (κ1) is 18.1. The second kappa shape index (κ2) is 7.29. The van der Waals surface area contributed by atoms with Crippen LogP contribution in [0.15, 0.2) is 28.9 Å². The van der Waals surface area contributed by atoms with Crippen LogP contribution in [0, 0.1) is 27.6 Å². The van der Waals surface area contributed by atoms with Gasteiger partial charge in [0.1, 0.15) is 17.4 Å². The van der Waals surface area contributed by atoms with Gasteiger partial charge in [-0.15, -0.1) is 0 Å². The number of anilines is 2. The highest BCUT2D eigenvalue weighted by Crippen LogP contribution is 2.33. The van der Waals surface area contributed by atoms with Crippen molar-refractivity contribution in [3.63, 3.8) is 0 Å². The standard InChI is InChI=1S/C18H13FIN3O3/c1-3-25-18(24)15-16-14(9(2)8-26-16)13(7-21)23-17(15)22-12-5-4-10(20)6-11(12)19/h4-6,8H,3H2,1-2H3,(H,22,23). The molecule has 0 atom stereocenters. The molecule has 132 valence electrons. The number of furan rings is 1. The smallest absolute Gasteiger partial charge is 0.345 e. The Labute approximate surface area is 162 Å². The van der Waals surface area contributed by atoms with Crippen molar-refractivity contribution in [2.24, 2.45) is 0 Å². The van der Waals surface area contributed by atoms with E-state index in [2.05, 4.69) is 10.3 Å². The van der Waals surface area contributed by atoms with Crippen LogP contribution in [0.2, 0.25) is 0 Å². The normalized spacial score (nSPS) is 10.6. The van der Waals surface area contributed by atoms with Crippen molar-refractivity contribution < 1.29 is 18.3 Å². The Hall–Kier alpha value is -2.67. The first-order valence-corrected chi connectivity index (χ1v) is 8.75. The fraction of sp³-hybridized carbons (Fsp3) is 0.167. The van der Waals surface area contributed by atoms with Crippen LogP contribution in [0.3, 0.4) is 0 Å². The number of esters is 1. The summed E-state index contributed by atoms with van der Waals surface area (Å²) in [7, 11) is 0. The van der Waals surface area contributed by atoms with Crippen molar-refractivity contribution in [1.82, 2.24) is 4.98 Å². The highest BCUT2D eigenvalue weighted by atomic mass is 127. The Kier molecular flexibility index (Phi) is 5.08. The molecular formula is C18H13FIN3O3. The molecule has 0 aliphatic heterocycles. The molecule has 0 saturated heterocycles. The average molecular weight is 465 g/mol. The summed E-state index contributed by atoms with van der Waals surface area (Å²) in [5.41, 5.74) is 1.07. The van der Waals surface area contributed by atoms with E-state index in [0.717, 1.165) is 3.57 Å². The van der Waals surface area contributed by atoms with E-state index in [0.29, 0.717) is 10.9 Å². The summed E-state index contributed by atoms with van der Waals surface area (Å²) in [5.74, 6) is -1.18. The lowest BCUT2D eigenvalue weighted by molar-refractivity contribution is 0.0528. The largest absolute Gasteiger partial charge is 0.463 e. The van der Waals surface area contributed by atoms with Crippen molar-refractivity contribution in [2.75, 3.05) is 11.9 Å². The van der Waals surface area contributed by atoms with Gasteiger partial charge in [-0.1, -0.05) is 0 Å². The predicted octanol–water partition coefficient (Wildman–Crippen LogP) is 4.67. The summed E-state index contributed by atoms with van der Waals surface area (Å²) in [4.78, 5) is 16.7. The van der Waals surface area contributed by atoms with Crippen LogP contribution in [-0.2, 0) is 4.74 Å². The van der Waals surface area contributed by atoms with Crippen LogP contribution in [0.5, 0.6) is 0 Å². The molecule has 1 N–H and O–H groups in total. The Morgan fingerprint density at radius 2 is 2.27 bits per heavy atom. The number of carbonyl (C=O) groups excluding carboxylic acids is 1. The van der Waals surface area contributed by atoms with Crippen LogP contribution in [0.4, 0.5) is 15.9 Å². The number of aryl methyl sites for hydroxylation is 1. The number of rotatable bonds is 4. The number of nitriles is 1. The molecule has 0 aliphatic rings. The quantitative estimate of drug-likeness (QED) is 0.445. The summed E-state index contributed by atoms with van der Waals surface area (Å²) < 4.78 is 25.5. The van der Waals surface area contributed by atoms with Crippen LogP contribution < -0.4 is 5.32 Å². The molecule has 0 bridgehead atoms. The lowest BCUT2D eigenvalue weighted by atomic mass is 10.1. The molecule has 0 aliphatic carbocycles. The van der Waals surface area contributed by atoms with Gasteiger partial charge in [-0.05, 0) is 60.2 Å². The van der Waals surface area contributed by atoms with E-state index < -0.39 is 11.8 Å². The topological polar surface area (TPSA) is 88.1 Å². The van der Waals surface area contributed by atoms with Gasteiger partial charge in [0.15, 0.2) is 17.1 Å². The minimum absolute atomic E-state index is 0.00181. The van der Waals surface area contributed by atoms with Crippen LogP contribution >= 0.6 is 22.6 Å². The van der Waals surface area contributed by atoms with Crippen LogP contribution in [0.25, 0.3) is 11.0 Å². The number of nitrogens with zero attached hydrogens (tertiary/aromatic N) is 2. The van der Waals surface area contributed by atoms with Gasteiger partial charge in [0.2, 0.25) is 0 Å². The van der Waals surface area contributed by atoms with Gasteiger partial charge in [-0.25, -0.2) is 14.2 Å². The van der Waals surface area contributed by atoms with Crippen molar-refractivity contribution >= 4 is 51.0 Å². The number of nitrogens with one attached hydrogen (secondary N) is 1. The SMILES string of the molecule is CCOC(=O)c1c(Nc2ccc(I)cc2F)nc(C#N)c2c(C)coc12. The van der Waals surface area contributed by atoms with E-state index in [9.17, 15) is 14.4 Å². The number of fused-ring (bicyclic) bond motifs is 1.